The Morgan fingerprint density at radius 2 is 1.86 bits per heavy atom. The van der Waals surface area contributed by atoms with E-state index in [9.17, 15) is 19.2 Å². The quantitative estimate of drug-likeness (QED) is 0.648. The molecule has 2 aliphatic heterocycles. The third-order valence-corrected chi connectivity index (χ3v) is 3.97. The Kier molecular flexibility index (Phi) is 3.25. The zero-order chi connectivity index (χ0) is 15.1. The number of rotatable bonds is 2. The minimum absolute atomic E-state index is 0.108. The van der Waals surface area contributed by atoms with E-state index >= 15 is 0 Å². The highest BCUT2D eigenvalue weighted by molar-refractivity contribution is 6.23. The summed E-state index contributed by atoms with van der Waals surface area (Å²) in [5.41, 5.74) is 1.24. The smallest absolute Gasteiger partial charge is 0.262 e. The first kappa shape index (κ1) is 13.8. The van der Waals surface area contributed by atoms with E-state index in [-0.39, 0.29) is 29.8 Å². The molecular weight excluding hydrogens is 296 g/mol. The van der Waals surface area contributed by atoms with Crippen molar-refractivity contribution < 1.29 is 19.2 Å². The summed E-state index contributed by atoms with van der Waals surface area (Å²) in [6, 6.07) is 3.84. The van der Waals surface area contributed by atoms with Gasteiger partial charge in [0, 0.05) is 12.3 Å². The van der Waals surface area contributed by atoms with E-state index < -0.39 is 29.7 Å². The fourth-order valence-electron chi connectivity index (χ4n) is 2.60. The average molecular weight is 307 g/mol. The van der Waals surface area contributed by atoms with Crippen molar-refractivity contribution in [3.8, 4) is 0 Å². The van der Waals surface area contributed by atoms with Crippen molar-refractivity contribution in [1.29, 1.82) is 0 Å². The molecule has 1 aromatic rings. The zero-order valence-electron chi connectivity index (χ0n) is 10.9. The monoisotopic (exact) mass is 306 g/mol. The Morgan fingerprint density at radius 1 is 1.14 bits per heavy atom. The normalized spacial score (nSPS) is 21.6. The number of hydrogen-bond acceptors (Lipinski definition) is 4. The molecule has 108 valence electrons. The van der Waals surface area contributed by atoms with E-state index in [2.05, 4.69) is 5.32 Å². The Morgan fingerprint density at radius 3 is 2.52 bits per heavy atom. The Labute approximate surface area is 125 Å². The van der Waals surface area contributed by atoms with Gasteiger partial charge in [-0.2, -0.15) is 0 Å². The van der Waals surface area contributed by atoms with E-state index in [4.69, 9.17) is 11.6 Å². The standard InChI is InChI=1S/C14H11ClN2O4/c15-6-7-1-2-8-9(5-7)14(21)17(13(8)20)10-3-4-11(18)16-12(10)19/h1-2,5,10H,3-4,6H2,(H,16,18,19). The van der Waals surface area contributed by atoms with Crippen molar-refractivity contribution in [2.24, 2.45) is 0 Å². The van der Waals surface area contributed by atoms with Crippen LogP contribution in [0, 0.1) is 0 Å². The van der Waals surface area contributed by atoms with E-state index in [0.29, 0.717) is 0 Å². The highest BCUT2D eigenvalue weighted by Crippen LogP contribution is 2.28. The lowest BCUT2D eigenvalue weighted by molar-refractivity contribution is -0.136. The van der Waals surface area contributed by atoms with Crippen LogP contribution in [0.3, 0.4) is 0 Å². The van der Waals surface area contributed by atoms with Crippen LogP contribution in [0.1, 0.15) is 39.1 Å². The number of fused-ring (bicyclic) bond motifs is 1. The van der Waals surface area contributed by atoms with Crippen LogP contribution in [0.4, 0.5) is 0 Å². The molecule has 6 nitrogen and oxygen atoms in total. The maximum atomic E-state index is 12.4. The number of carbonyl (C=O) groups excluding carboxylic acids is 4. The summed E-state index contributed by atoms with van der Waals surface area (Å²) in [4.78, 5) is 48.7. The lowest BCUT2D eigenvalue weighted by Gasteiger charge is -2.27. The molecule has 1 fully saturated rings. The first-order valence-electron chi connectivity index (χ1n) is 6.43. The van der Waals surface area contributed by atoms with Crippen LogP contribution in [0.15, 0.2) is 18.2 Å². The van der Waals surface area contributed by atoms with Crippen molar-refractivity contribution >= 4 is 35.2 Å². The summed E-state index contributed by atoms with van der Waals surface area (Å²) >= 11 is 5.73. The number of hydrogen-bond donors (Lipinski definition) is 1. The van der Waals surface area contributed by atoms with Crippen LogP contribution in [0.25, 0.3) is 0 Å². The van der Waals surface area contributed by atoms with Crippen molar-refractivity contribution in [3.63, 3.8) is 0 Å². The second-order valence-corrected chi connectivity index (χ2v) is 5.23. The molecule has 0 aromatic heterocycles. The van der Waals surface area contributed by atoms with Gasteiger partial charge in [0.25, 0.3) is 11.8 Å². The maximum Gasteiger partial charge on any atom is 0.262 e. The van der Waals surface area contributed by atoms with Crippen LogP contribution in [0.2, 0.25) is 0 Å². The Bertz CT molecular complexity index is 686. The molecule has 2 heterocycles. The fourth-order valence-corrected chi connectivity index (χ4v) is 2.77. The molecule has 0 aliphatic carbocycles. The summed E-state index contributed by atoms with van der Waals surface area (Å²) in [5.74, 6) is -1.80. The van der Waals surface area contributed by atoms with Crippen molar-refractivity contribution in [2.75, 3.05) is 0 Å². The van der Waals surface area contributed by atoms with Gasteiger partial charge in [-0.3, -0.25) is 29.4 Å². The molecule has 1 aromatic carbocycles. The van der Waals surface area contributed by atoms with Gasteiger partial charge in [-0.05, 0) is 24.1 Å². The minimum atomic E-state index is -0.936. The van der Waals surface area contributed by atoms with E-state index in [1.807, 2.05) is 0 Å². The first-order chi connectivity index (χ1) is 10.0. The number of nitrogens with one attached hydrogen (secondary N) is 1. The molecule has 0 saturated carbocycles. The molecule has 3 rings (SSSR count). The summed E-state index contributed by atoms with van der Waals surface area (Å²) in [5, 5.41) is 2.15. The molecule has 1 atom stereocenters. The third-order valence-electron chi connectivity index (χ3n) is 3.66. The highest BCUT2D eigenvalue weighted by Gasteiger charge is 2.44. The Balaban J connectivity index is 1.96. The summed E-state index contributed by atoms with van der Waals surface area (Å²) in [7, 11) is 0. The lowest BCUT2D eigenvalue weighted by Crippen LogP contribution is -2.54. The van der Waals surface area contributed by atoms with Crippen LogP contribution < -0.4 is 5.32 Å². The molecule has 1 unspecified atom stereocenters. The predicted octanol–water partition coefficient (Wildman–Crippen LogP) is 0.827. The van der Waals surface area contributed by atoms with Gasteiger partial charge in [-0.1, -0.05) is 6.07 Å². The van der Waals surface area contributed by atoms with Crippen molar-refractivity contribution in [2.45, 2.75) is 24.8 Å². The molecule has 1 N–H and O–H groups in total. The molecular formula is C14H11ClN2O4. The molecule has 7 heteroatoms. The molecule has 4 amide bonds. The second-order valence-electron chi connectivity index (χ2n) is 4.96. The van der Waals surface area contributed by atoms with Gasteiger partial charge in [0.15, 0.2) is 0 Å². The fraction of sp³-hybridized carbons (Fsp3) is 0.286. The molecule has 2 aliphatic rings. The molecule has 0 spiro atoms. The van der Waals surface area contributed by atoms with E-state index in [1.54, 1.807) is 18.2 Å². The third kappa shape index (κ3) is 2.12. The number of benzene rings is 1. The number of amides is 4. The largest absolute Gasteiger partial charge is 0.295 e. The maximum absolute atomic E-state index is 12.4. The second kappa shape index (κ2) is 4.96. The number of piperidine rings is 1. The van der Waals surface area contributed by atoms with E-state index in [0.717, 1.165) is 10.5 Å². The van der Waals surface area contributed by atoms with Gasteiger partial charge in [-0.15, -0.1) is 11.6 Å². The number of nitrogens with zero attached hydrogens (tertiary/aromatic N) is 1. The lowest BCUT2D eigenvalue weighted by atomic mass is 10.0. The predicted molar refractivity (Wildman–Crippen MR) is 72.7 cm³/mol. The molecule has 21 heavy (non-hydrogen) atoms. The van der Waals surface area contributed by atoms with Crippen LogP contribution >= 0.6 is 11.6 Å². The zero-order valence-corrected chi connectivity index (χ0v) is 11.6. The van der Waals surface area contributed by atoms with Crippen molar-refractivity contribution in [1.82, 2.24) is 10.2 Å². The van der Waals surface area contributed by atoms with Crippen LogP contribution in [-0.4, -0.2) is 34.6 Å². The van der Waals surface area contributed by atoms with Gasteiger partial charge in [-0.25, -0.2) is 0 Å². The number of carbonyl (C=O) groups is 4. The summed E-state index contributed by atoms with van der Waals surface area (Å²) < 4.78 is 0. The van der Waals surface area contributed by atoms with Gasteiger partial charge < -0.3 is 0 Å². The Hall–Kier alpha value is -2.21. The number of alkyl halides is 1. The number of imide groups is 2. The minimum Gasteiger partial charge on any atom is -0.295 e. The van der Waals surface area contributed by atoms with Crippen LogP contribution in [0.5, 0.6) is 0 Å². The molecule has 0 radical (unpaired) electrons. The summed E-state index contributed by atoms with van der Waals surface area (Å²) in [6.45, 7) is 0. The average Bonchev–Trinajstić information content (AvgIpc) is 2.71. The van der Waals surface area contributed by atoms with Gasteiger partial charge in [0.2, 0.25) is 11.8 Å². The van der Waals surface area contributed by atoms with Crippen LogP contribution in [-0.2, 0) is 15.5 Å². The van der Waals surface area contributed by atoms with E-state index in [1.165, 1.54) is 0 Å². The van der Waals surface area contributed by atoms with Crippen molar-refractivity contribution in [3.05, 3.63) is 34.9 Å². The topological polar surface area (TPSA) is 83.6 Å². The van der Waals surface area contributed by atoms with Gasteiger partial charge in [0.05, 0.1) is 11.1 Å². The first-order valence-corrected chi connectivity index (χ1v) is 6.97. The summed E-state index contributed by atoms with van der Waals surface area (Å²) in [6.07, 6.45) is 0.259. The van der Waals surface area contributed by atoms with Gasteiger partial charge >= 0.3 is 0 Å². The number of halogens is 1. The highest BCUT2D eigenvalue weighted by atomic mass is 35.5. The SMILES string of the molecule is O=C1CCC(N2C(=O)c3ccc(CCl)cc3C2=O)C(=O)N1. The van der Waals surface area contributed by atoms with Gasteiger partial charge in [0.1, 0.15) is 6.04 Å². The molecule has 0 bridgehead atoms. The molecule has 1 saturated heterocycles.